The first-order valence-corrected chi connectivity index (χ1v) is 9.90. The molecule has 1 N–H and O–H groups in total. The van der Waals surface area contributed by atoms with E-state index in [0.29, 0.717) is 16.3 Å². The Balaban J connectivity index is 1.91. The third-order valence-corrected chi connectivity index (χ3v) is 5.32. The maximum Gasteiger partial charge on any atom is 0.271 e. The van der Waals surface area contributed by atoms with E-state index in [0.717, 1.165) is 10.0 Å². The number of halogens is 2. The average Bonchev–Trinajstić information content (AvgIpc) is 2.61. The number of sulfonamides is 1. The summed E-state index contributed by atoms with van der Waals surface area (Å²) in [5.41, 5.74) is 1.51. The van der Waals surface area contributed by atoms with Crippen molar-refractivity contribution in [2.24, 2.45) is 0 Å². The van der Waals surface area contributed by atoms with Gasteiger partial charge in [-0.25, -0.2) is 8.42 Å². The summed E-state index contributed by atoms with van der Waals surface area (Å²) in [6.07, 6.45) is 0. The van der Waals surface area contributed by atoms with Gasteiger partial charge in [0, 0.05) is 15.1 Å². The molecule has 3 rings (SSSR count). The SMILES string of the molecule is O=S(=O)(NOc1ccc(Cl)cc1-c1cccc(Br)c1)c1ccccc1. The molecule has 128 valence electrons. The summed E-state index contributed by atoms with van der Waals surface area (Å²) in [7, 11) is -3.79. The highest BCUT2D eigenvalue weighted by atomic mass is 79.9. The molecule has 0 aliphatic carbocycles. The van der Waals surface area contributed by atoms with Gasteiger partial charge in [-0.1, -0.05) is 57.9 Å². The van der Waals surface area contributed by atoms with Gasteiger partial charge in [0.2, 0.25) is 0 Å². The lowest BCUT2D eigenvalue weighted by atomic mass is 10.1. The molecule has 0 amide bonds. The Hall–Kier alpha value is -1.86. The van der Waals surface area contributed by atoms with Gasteiger partial charge in [-0.2, -0.15) is 0 Å². The predicted octanol–water partition coefficient (Wildman–Crippen LogP) is 5.04. The van der Waals surface area contributed by atoms with Gasteiger partial charge < -0.3 is 4.84 Å². The monoisotopic (exact) mass is 437 g/mol. The van der Waals surface area contributed by atoms with Crippen LogP contribution in [-0.2, 0) is 10.0 Å². The van der Waals surface area contributed by atoms with Crippen LogP contribution in [0.25, 0.3) is 11.1 Å². The molecule has 7 heteroatoms. The van der Waals surface area contributed by atoms with E-state index in [4.69, 9.17) is 16.4 Å². The molecule has 0 heterocycles. The van der Waals surface area contributed by atoms with Crippen molar-refractivity contribution in [1.29, 1.82) is 0 Å². The Labute approximate surface area is 159 Å². The van der Waals surface area contributed by atoms with Crippen LogP contribution in [0.15, 0.2) is 82.2 Å². The van der Waals surface area contributed by atoms with Crippen molar-refractivity contribution in [3.63, 3.8) is 0 Å². The van der Waals surface area contributed by atoms with E-state index >= 15 is 0 Å². The van der Waals surface area contributed by atoms with Crippen LogP contribution in [0.2, 0.25) is 5.02 Å². The molecule has 0 unspecified atom stereocenters. The van der Waals surface area contributed by atoms with E-state index in [-0.39, 0.29) is 4.90 Å². The first-order chi connectivity index (χ1) is 12.0. The maximum absolute atomic E-state index is 12.3. The van der Waals surface area contributed by atoms with Gasteiger partial charge in [-0.15, -0.1) is 0 Å². The van der Waals surface area contributed by atoms with E-state index in [1.165, 1.54) is 12.1 Å². The Morgan fingerprint density at radius 1 is 0.920 bits per heavy atom. The van der Waals surface area contributed by atoms with Crippen molar-refractivity contribution in [3.8, 4) is 16.9 Å². The van der Waals surface area contributed by atoms with Gasteiger partial charge in [0.25, 0.3) is 10.0 Å². The topological polar surface area (TPSA) is 55.4 Å². The molecular weight excluding hydrogens is 426 g/mol. The first-order valence-electron chi connectivity index (χ1n) is 7.25. The second-order valence-corrected chi connectivity index (χ2v) is 8.15. The molecule has 3 aromatic rings. The van der Waals surface area contributed by atoms with Gasteiger partial charge >= 0.3 is 0 Å². The van der Waals surface area contributed by atoms with Gasteiger partial charge in [-0.05, 0) is 52.9 Å². The third kappa shape index (κ3) is 4.41. The van der Waals surface area contributed by atoms with E-state index < -0.39 is 10.0 Å². The molecule has 0 atom stereocenters. The highest BCUT2D eigenvalue weighted by Gasteiger charge is 2.16. The van der Waals surface area contributed by atoms with Crippen LogP contribution in [0, 0.1) is 0 Å². The van der Waals surface area contributed by atoms with Crippen LogP contribution < -0.4 is 9.72 Å². The number of hydrogen-bond donors (Lipinski definition) is 1. The Kier molecular flexibility index (Phi) is 5.44. The molecule has 4 nitrogen and oxygen atoms in total. The molecule has 3 aromatic carbocycles. The van der Waals surface area contributed by atoms with Gasteiger partial charge in [0.1, 0.15) is 0 Å². The molecule has 25 heavy (non-hydrogen) atoms. The van der Waals surface area contributed by atoms with Crippen LogP contribution in [-0.4, -0.2) is 8.42 Å². The minimum absolute atomic E-state index is 0.118. The van der Waals surface area contributed by atoms with Crippen molar-refractivity contribution in [2.45, 2.75) is 4.90 Å². The zero-order valence-corrected chi connectivity index (χ0v) is 16.0. The molecule has 0 radical (unpaired) electrons. The minimum Gasteiger partial charge on any atom is -0.393 e. The maximum atomic E-state index is 12.3. The fourth-order valence-electron chi connectivity index (χ4n) is 2.22. The smallest absolute Gasteiger partial charge is 0.271 e. The lowest BCUT2D eigenvalue weighted by Crippen LogP contribution is -2.27. The third-order valence-electron chi connectivity index (χ3n) is 3.39. The van der Waals surface area contributed by atoms with Crippen molar-refractivity contribution in [1.82, 2.24) is 4.89 Å². The van der Waals surface area contributed by atoms with Crippen LogP contribution in [0.3, 0.4) is 0 Å². The molecule has 0 aromatic heterocycles. The summed E-state index contributed by atoms with van der Waals surface area (Å²) < 4.78 is 25.5. The van der Waals surface area contributed by atoms with Crippen molar-refractivity contribution in [2.75, 3.05) is 0 Å². The first kappa shape index (κ1) is 17.9. The standard InChI is InChI=1S/C18H13BrClNO3S/c19-14-6-4-5-13(11-14)17-12-15(20)9-10-18(17)24-21-25(22,23)16-7-2-1-3-8-16/h1-12,21H. The molecule has 0 bridgehead atoms. The van der Waals surface area contributed by atoms with Crippen molar-refractivity contribution >= 4 is 37.6 Å². The van der Waals surface area contributed by atoms with Crippen LogP contribution in [0.5, 0.6) is 5.75 Å². The Morgan fingerprint density at radius 3 is 2.40 bits per heavy atom. The minimum atomic E-state index is -3.79. The lowest BCUT2D eigenvalue weighted by molar-refractivity contribution is 0.270. The van der Waals surface area contributed by atoms with Crippen molar-refractivity contribution < 1.29 is 13.3 Å². The molecule has 0 aliphatic rings. The zero-order chi connectivity index (χ0) is 17.9. The molecule has 0 saturated heterocycles. The largest absolute Gasteiger partial charge is 0.393 e. The van der Waals surface area contributed by atoms with Crippen LogP contribution in [0.1, 0.15) is 0 Å². The number of benzene rings is 3. The molecule has 0 aliphatic heterocycles. The van der Waals surface area contributed by atoms with E-state index in [9.17, 15) is 8.42 Å². The van der Waals surface area contributed by atoms with E-state index in [1.54, 1.807) is 36.4 Å². The number of nitrogens with one attached hydrogen (secondary N) is 1. The molecule has 0 saturated carbocycles. The fraction of sp³-hybridized carbons (Fsp3) is 0. The van der Waals surface area contributed by atoms with Crippen LogP contribution >= 0.6 is 27.5 Å². The molecule has 0 fully saturated rings. The molecule has 0 spiro atoms. The molecular formula is C18H13BrClNO3S. The predicted molar refractivity (Wildman–Crippen MR) is 102 cm³/mol. The normalized spacial score (nSPS) is 11.3. The summed E-state index contributed by atoms with van der Waals surface area (Å²) in [4.78, 5) is 7.67. The number of hydrogen-bond acceptors (Lipinski definition) is 3. The highest BCUT2D eigenvalue weighted by Crippen LogP contribution is 2.33. The second-order valence-electron chi connectivity index (χ2n) is 5.15. The second kappa shape index (κ2) is 7.58. The van der Waals surface area contributed by atoms with Gasteiger partial charge in [-0.3, -0.25) is 0 Å². The summed E-state index contributed by atoms with van der Waals surface area (Å²) in [6, 6.07) is 20.5. The Bertz CT molecular complexity index is 994. The summed E-state index contributed by atoms with van der Waals surface area (Å²) in [5.74, 6) is 0.349. The number of rotatable bonds is 5. The average molecular weight is 439 g/mol. The fourth-order valence-corrected chi connectivity index (χ4v) is 3.60. The van der Waals surface area contributed by atoms with Gasteiger partial charge in [0.15, 0.2) is 5.75 Å². The zero-order valence-electron chi connectivity index (χ0n) is 12.8. The lowest BCUT2D eigenvalue weighted by Gasteiger charge is -2.13. The van der Waals surface area contributed by atoms with E-state index in [1.807, 2.05) is 24.3 Å². The van der Waals surface area contributed by atoms with Crippen LogP contribution in [0.4, 0.5) is 0 Å². The summed E-state index contributed by atoms with van der Waals surface area (Å²) >= 11 is 9.51. The highest BCUT2D eigenvalue weighted by molar-refractivity contribution is 9.10. The van der Waals surface area contributed by atoms with Crippen molar-refractivity contribution in [3.05, 3.63) is 82.3 Å². The summed E-state index contributed by atoms with van der Waals surface area (Å²) in [5, 5.41) is 0.522. The quantitative estimate of drug-likeness (QED) is 0.568. The Morgan fingerprint density at radius 2 is 1.68 bits per heavy atom. The summed E-state index contributed by atoms with van der Waals surface area (Å²) in [6.45, 7) is 0. The van der Waals surface area contributed by atoms with E-state index in [2.05, 4.69) is 20.8 Å². The van der Waals surface area contributed by atoms with Gasteiger partial charge in [0.05, 0.1) is 4.90 Å².